The third-order valence-corrected chi connectivity index (χ3v) is 4.81. The highest BCUT2D eigenvalue weighted by atomic mass is 35.5. The van der Waals surface area contributed by atoms with E-state index >= 15 is 0 Å². The minimum atomic E-state index is -0.312. The third kappa shape index (κ3) is 2.82. The molecule has 1 aromatic heterocycles. The summed E-state index contributed by atoms with van der Waals surface area (Å²) in [4.78, 5) is 0. The van der Waals surface area contributed by atoms with Crippen LogP contribution in [0.2, 0.25) is 5.02 Å². The number of hydrogen-bond acceptors (Lipinski definition) is 2. The second-order valence-corrected chi connectivity index (χ2v) is 6.17. The van der Waals surface area contributed by atoms with Gasteiger partial charge in [-0.1, -0.05) is 42.8 Å². The van der Waals surface area contributed by atoms with Gasteiger partial charge in [0.15, 0.2) is 0 Å². The highest BCUT2D eigenvalue weighted by Crippen LogP contribution is 2.35. The molecular formula is C17H15ClFNS. The summed E-state index contributed by atoms with van der Waals surface area (Å²) in [5.41, 5.74) is 2.08. The monoisotopic (exact) mass is 319 g/mol. The maximum absolute atomic E-state index is 13.3. The molecule has 4 heteroatoms. The van der Waals surface area contributed by atoms with Crippen molar-refractivity contribution in [3.63, 3.8) is 0 Å². The number of fused-ring (bicyclic) bond motifs is 1. The van der Waals surface area contributed by atoms with E-state index in [9.17, 15) is 4.39 Å². The van der Waals surface area contributed by atoms with Gasteiger partial charge in [0.1, 0.15) is 5.82 Å². The molecule has 0 fully saturated rings. The van der Waals surface area contributed by atoms with Gasteiger partial charge in [0.05, 0.1) is 6.04 Å². The van der Waals surface area contributed by atoms with Crippen LogP contribution >= 0.6 is 22.9 Å². The van der Waals surface area contributed by atoms with E-state index in [2.05, 4.69) is 35.8 Å². The Morgan fingerprint density at radius 2 is 2.05 bits per heavy atom. The molecule has 0 aliphatic carbocycles. The van der Waals surface area contributed by atoms with E-state index in [4.69, 9.17) is 11.6 Å². The molecule has 0 aliphatic rings. The Kier molecular flexibility index (Phi) is 4.24. The van der Waals surface area contributed by atoms with Gasteiger partial charge in [0, 0.05) is 9.72 Å². The molecule has 0 aliphatic heterocycles. The number of rotatable bonds is 4. The molecule has 108 valence electrons. The largest absolute Gasteiger partial charge is 0.306 e. The van der Waals surface area contributed by atoms with Crippen molar-refractivity contribution in [2.45, 2.75) is 13.0 Å². The normalized spacial score (nSPS) is 12.7. The van der Waals surface area contributed by atoms with Crippen LogP contribution in [0, 0.1) is 5.82 Å². The Balaban J connectivity index is 2.15. The highest BCUT2D eigenvalue weighted by molar-refractivity contribution is 7.17. The second-order valence-electron chi connectivity index (χ2n) is 4.84. The van der Waals surface area contributed by atoms with Crippen LogP contribution in [0.1, 0.15) is 24.1 Å². The quantitative estimate of drug-likeness (QED) is 0.679. The standard InChI is InChI=1S/C17H15ClFNS/c1-2-20-16(13-7-6-12(19)10-15(13)18)14-5-3-4-11-8-9-21-17(11)14/h3-10,16,20H,2H2,1H3. The zero-order chi connectivity index (χ0) is 14.8. The number of hydrogen-bond donors (Lipinski definition) is 1. The van der Waals surface area contributed by atoms with E-state index in [1.807, 2.05) is 6.07 Å². The first-order valence-electron chi connectivity index (χ1n) is 6.85. The first kappa shape index (κ1) is 14.5. The molecule has 0 saturated heterocycles. The van der Waals surface area contributed by atoms with Crippen LogP contribution in [-0.4, -0.2) is 6.54 Å². The fraction of sp³-hybridized carbons (Fsp3) is 0.176. The fourth-order valence-corrected chi connectivity index (χ4v) is 3.79. The number of benzene rings is 2. The van der Waals surface area contributed by atoms with Crippen LogP contribution in [0.5, 0.6) is 0 Å². The minimum Gasteiger partial charge on any atom is -0.306 e. The highest BCUT2D eigenvalue weighted by Gasteiger charge is 2.19. The lowest BCUT2D eigenvalue weighted by molar-refractivity contribution is 0.615. The van der Waals surface area contributed by atoms with Crippen molar-refractivity contribution in [2.75, 3.05) is 6.54 Å². The van der Waals surface area contributed by atoms with Gasteiger partial charge in [-0.05, 0) is 46.6 Å². The molecule has 0 amide bonds. The molecule has 3 rings (SSSR count). The number of thiophene rings is 1. The van der Waals surface area contributed by atoms with Crippen molar-refractivity contribution in [1.82, 2.24) is 5.32 Å². The van der Waals surface area contributed by atoms with Crippen molar-refractivity contribution < 1.29 is 4.39 Å². The predicted octanol–water partition coefficient (Wildman–Crippen LogP) is 5.39. The van der Waals surface area contributed by atoms with E-state index in [1.54, 1.807) is 17.4 Å². The lowest BCUT2D eigenvalue weighted by atomic mass is 9.97. The van der Waals surface area contributed by atoms with Gasteiger partial charge in [-0.25, -0.2) is 4.39 Å². The summed E-state index contributed by atoms with van der Waals surface area (Å²) in [5.74, 6) is -0.312. The summed E-state index contributed by atoms with van der Waals surface area (Å²) in [6, 6.07) is 12.9. The molecule has 21 heavy (non-hydrogen) atoms. The first-order chi connectivity index (χ1) is 10.2. The van der Waals surface area contributed by atoms with Crippen LogP contribution in [0.15, 0.2) is 47.8 Å². The average molecular weight is 320 g/mol. The molecule has 0 bridgehead atoms. The topological polar surface area (TPSA) is 12.0 Å². The Labute approximate surface area is 132 Å². The van der Waals surface area contributed by atoms with Gasteiger partial charge >= 0.3 is 0 Å². The van der Waals surface area contributed by atoms with E-state index < -0.39 is 0 Å². The average Bonchev–Trinajstić information content (AvgIpc) is 2.94. The number of nitrogens with one attached hydrogen (secondary N) is 1. The molecule has 3 aromatic rings. The summed E-state index contributed by atoms with van der Waals surface area (Å²) in [6.07, 6.45) is 0. The molecule has 1 nitrogen and oxygen atoms in total. The van der Waals surface area contributed by atoms with E-state index in [0.29, 0.717) is 5.02 Å². The predicted molar refractivity (Wildman–Crippen MR) is 88.8 cm³/mol. The van der Waals surface area contributed by atoms with E-state index in [-0.39, 0.29) is 11.9 Å². The molecule has 1 atom stereocenters. The third-order valence-electron chi connectivity index (χ3n) is 3.50. The molecule has 0 radical (unpaired) electrons. The Morgan fingerprint density at radius 3 is 2.81 bits per heavy atom. The van der Waals surface area contributed by atoms with E-state index in [1.165, 1.54) is 27.8 Å². The smallest absolute Gasteiger partial charge is 0.124 e. The Hall–Kier alpha value is -1.42. The van der Waals surface area contributed by atoms with Crippen LogP contribution in [0.25, 0.3) is 10.1 Å². The van der Waals surface area contributed by atoms with Crippen molar-refractivity contribution in [3.05, 3.63) is 69.8 Å². The minimum absolute atomic E-state index is 0.0366. The van der Waals surface area contributed by atoms with Crippen molar-refractivity contribution >= 4 is 33.0 Å². The van der Waals surface area contributed by atoms with Crippen molar-refractivity contribution in [1.29, 1.82) is 0 Å². The molecule has 0 saturated carbocycles. The zero-order valence-corrected chi connectivity index (χ0v) is 13.1. The van der Waals surface area contributed by atoms with E-state index in [0.717, 1.165) is 12.1 Å². The first-order valence-corrected chi connectivity index (χ1v) is 8.11. The molecular weight excluding hydrogens is 305 g/mol. The van der Waals surface area contributed by atoms with Crippen molar-refractivity contribution in [3.8, 4) is 0 Å². The molecule has 0 spiro atoms. The lowest BCUT2D eigenvalue weighted by Crippen LogP contribution is -2.22. The maximum atomic E-state index is 13.3. The van der Waals surface area contributed by atoms with Gasteiger partial charge in [-0.3, -0.25) is 0 Å². The summed E-state index contributed by atoms with van der Waals surface area (Å²) in [5, 5.41) is 7.22. The summed E-state index contributed by atoms with van der Waals surface area (Å²) in [6.45, 7) is 2.86. The van der Waals surface area contributed by atoms with Crippen LogP contribution < -0.4 is 5.32 Å². The molecule has 1 N–H and O–H groups in total. The second kappa shape index (κ2) is 6.14. The molecule has 2 aromatic carbocycles. The Bertz CT molecular complexity index is 768. The maximum Gasteiger partial charge on any atom is 0.124 e. The van der Waals surface area contributed by atoms with Crippen LogP contribution in [0.4, 0.5) is 4.39 Å². The summed E-state index contributed by atoms with van der Waals surface area (Å²) < 4.78 is 14.5. The lowest BCUT2D eigenvalue weighted by Gasteiger charge is -2.21. The Morgan fingerprint density at radius 1 is 1.19 bits per heavy atom. The van der Waals surface area contributed by atoms with Crippen molar-refractivity contribution in [2.24, 2.45) is 0 Å². The summed E-state index contributed by atoms with van der Waals surface area (Å²) in [7, 11) is 0. The fourth-order valence-electron chi connectivity index (χ4n) is 2.57. The van der Waals surface area contributed by atoms with Gasteiger partial charge in [0.2, 0.25) is 0 Å². The van der Waals surface area contributed by atoms with Crippen LogP contribution in [0.3, 0.4) is 0 Å². The van der Waals surface area contributed by atoms with Gasteiger partial charge in [-0.2, -0.15) is 0 Å². The van der Waals surface area contributed by atoms with Gasteiger partial charge in [-0.15, -0.1) is 11.3 Å². The summed E-state index contributed by atoms with van der Waals surface area (Å²) >= 11 is 7.97. The number of halogens is 2. The van der Waals surface area contributed by atoms with Gasteiger partial charge in [0.25, 0.3) is 0 Å². The van der Waals surface area contributed by atoms with Crippen LogP contribution in [-0.2, 0) is 0 Å². The van der Waals surface area contributed by atoms with Gasteiger partial charge < -0.3 is 5.32 Å². The zero-order valence-electron chi connectivity index (χ0n) is 11.6. The molecule has 1 heterocycles. The molecule has 1 unspecified atom stereocenters. The SMILES string of the molecule is CCNC(c1ccc(F)cc1Cl)c1cccc2ccsc12.